The average molecular weight is 219 g/mol. The minimum absolute atomic E-state index is 0.178. The lowest BCUT2D eigenvalue weighted by atomic mass is 10.00. The highest BCUT2D eigenvalue weighted by atomic mass is 16.5. The average Bonchev–Trinajstić information content (AvgIpc) is 2.69. The Bertz CT molecular complexity index is 504. The molecule has 0 spiro atoms. The summed E-state index contributed by atoms with van der Waals surface area (Å²) in [6, 6.07) is 7.64. The summed E-state index contributed by atoms with van der Waals surface area (Å²) in [5.41, 5.74) is 1.71. The Kier molecular flexibility index (Phi) is 2.92. The zero-order valence-electron chi connectivity index (χ0n) is 8.93. The number of nitrogens with one attached hydrogen (secondary N) is 1. The number of carboxylic acids is 1. The van der Waals surface area contributed by atoms with Crippen LogP contribution >= 0.6 is 0 Å². The van der Waals surface area contributed by atoms with Crippen molar-refractivity contribution in [2.45, 2.75) is 5.92 Å². The van der Waals surface area contributed by atoms with Gasteiger partial charge in [0.2, 0.25) is 0 Å². The minimum Gasteiger partial charge on any atom is -0.481 e. The number of carbonyl (C=O) groups is 1. The first-order valence-corrected chi connectivity index (χ1v) is 5.01. The largest absolute Gasteiger partial charge is 0.481 e. The summed E-state index contributed by atoms with van der Waals surface area (Å²) >= 11 is 0. The van der Waals surface area contributed by atoms with Gasteiger partial charge in [-0.2, -0.15) is 0 Å². The second-order valence-corrected chi connectivity index (χ2v) is 3.64. The molecule has 2 aromatic rings. The molecular formula is C12H13NO3. The first-order chi connectivity index (χ1) is 7.74. The van der Waals surface area contributed by atoms with Crippen molar-refractivity contribution in [3.8, 4) is 0 Å². The number of aromatic amines is 1. The molecule has 1 aromatic carbocycles. The van der Waals surface area contributed by atoms with Crippen LogP contribution in [-0.4, -0.2) is 29.8 Å². The summed E-state index contributed by atoms with van der Waals surface area (Å²) in [6.07, 6.45) is 1.74. The predicted molar refractivity (Wildman–Crippen MR) is 60.6 cm³/mol. The SMILES string of the molecule is COCC(C(=O)O)c1c[nH]c2ccccc12. The second kappa shape index (κ2) is 4.37. The number of carboxylic acid groups (broad SMARTS) is 1. The Morgan fingerprint density at radius 1 is 1.50 bits per heavy atom. The Morgan fingerprint density at radius 2 is 2.25 bits per heavy atom. The van der Waals surface area contributed by atoms with Gasteiger partial charge in [-0.05, 0) is 11.6 Å². The maximum atomic E-state index is 11.1. The third-order valence-corrected chi connectivity index (χ3v) is 2.63. The number of fused-ring (bicyclic) bond motifs is 1. The zero-order chi connectivity index (χ0) is 11.5. The highest BCUT2D eigenvalue weighted by molar-refractivity contribution is 5.89. The lowest BCUT2D eigenvalue weighted by Crippen LogP contribution is -2.16. The highest BCUT2D eigenvalue weighted by Gasteiger charge is 2.22. The van der Waals surface area contributed by atoms with Gasteiger partial charge in [0.25, 0.3) is 0 Å². The molecule has 2 N–H and O–H groups in total. The summed E-state index contributed by atoms with van der Waals surface area (Å²) in [7, 11) is 1.50. The highest BCUT2D eigenvalue weighted by Crippen LogP contribution is 2.25. The van der Waals surface area contributed by atoms with E-state index in [0.29, 0.717) is 0 Å². The van der Waals surface area contributed by atoms with Gasteiger partial charge >= 0.3 is 5.97 Å². The van der Waals surface area contributed by atoms with E-state index < -0.39 is 11.9 Å². The van der Waals surface area contributed by atoms with E-state index in [1.165, 1.54) is 7.11 Å². The molecule has 0 aliphatic rings. The molecule has 0 saturated heterocycles. The smallest absolute Gasteiger partial charge is 0.313 e. The molecule has 1 atom stereocenters. The molecule has 0 radical (unpaired) electrons. The van der Waals surface area contributed by atoms with Crippen LogP contribution in [0.15, 0.2) is 30.5 Å². The quantitative estimate of drug-likeness (QED) is 0.826. The molecule has 84 valence electrons. The van der Waals surface area contributed by atoms with Crippen molar-refractivity contribution >= 4 is 16.9 Å². The number of rotatable bonds is 4. The van der Waals surface area contributed by atoms with Crippen molar-refractivity contribution in [2.24, 2.45) is 0 Å². The van der Waals surface area contributed by atoms with Crippen molar-refractivity contribution in [3.63, 3.8) is 0 Å². The Balaban J connectivity index is 2.48. The molecule has 2 rings (SSSR count). The fourth-order valence-corrected chi connectivity index (χ4v) is 1.84. The number of ether oxygens (including phenoxy) is 1. The zero-order valence-corrected chi connectivity index (χ0v) is 8.93. The number of benzene rings is 1. The van der Waals surface area contributed by atoms with E-state index in [4.69, 9.17) is 9.84 Å². The summed E-state index contributed by atoms with van der Waals surface area (Å²) < 4.78 is 4.94. The summed E-state index contributed by atoms with van der Waals surface area (Å²) in [6.45, 7) is 0.178. The maximum absolute atomic E-state index is 11.1. The van der Waals surface area contributed by atoms with Gasteiger partial charge in [-0.15, -0.1) is 0 Å². The van der Waals surface area contributed by atoms with E-state index in [2.05, 4.69) is 4.98 Å². The van der Waals surface area contributed by atoms with Crippen LogP contribution in [0.2, 0.25) is 0 Å². The molecule has 1 unspecified atom stereocenters. The summed E-state index contributed by atoms with van der Waals surface area (Å²) in [5, 5.41) is 10.1. The molecule has 4 heteroatoms. The molecule has 0 aliphatic heterocycles. The number of para-hydroxylation sites is 1. The molecule has 1 heterocycles. The fraction of sp³-hybridized carbons (Fsp3) is 0.250. The van der Waals surface area contributed by atoms with Crippen molar-refractivity contribution in [3.05, 3.63) is 36.0 Å². The Hall–Kier alpha value is -1.81. The van der Waals surface area contributed by atoms with Crippen molar-refractivity contribution in [1.82, 2.24) is 4.98 Å². The fourth-order valence-electron chi connectivity index (χ4n) is 1.84. The predicted octanol–water partition coefficient (Wildman–Crippen LogP) is 1.98. The first kappa shape index (κ1) is 10.7. The lowest BCUT2D eigenvalue weighted by Gasteiger charge is -2.09. The molecule has 16 heavy (non-hydrogen) atoms. The summed E-state index contributed by atoms with van der Waals surface area (Å²) in [4.78, 5) is 14.2. The van der Waals surface area contributed by atoms with Crippen LogP contribution in [0.4, 0.5) is 0 Å². The molecule has 0 saturated carbocycles. The standard InChI is InChI=1S/C12H13NO3/c1-16-7-10(12(14)15)9-6-13-11-5-3-2-4-8(9)11/h2-6,10,13H,7H2,1H3,(H,14,15). The topological polar surface area (TPSA) is 62.3 Å². The molecular weight excluding hydrogens is 206 g/mol. The van der Waals surface area contributed by atoms with E-state index in [1.54, 1.807) is 6.20 Å². The summed E-state index contributed by atoms with van der Waals surface area (Å²) in [5.74, 6) is -1.49. The number of hydrogen-bond donors (Lipinski definition) is 2. The van der Waals surface area contributed by atoms with E-state index in [9.17, 15) is 4.79 Å². The monoisotopic (exact) mass is 219 g/mol. The van der Waals surface area contributed by atoms with Gasteiger partial charge < -0.3 is 14.8 Å². The van der Waals surface area contributed by atoms with Gasteiger partial charge in [-0.3, -0.25) is 4.79 Å². The van der Waals surface area contributed by atoms with Crippen LogP contribution in [0.1, 0.15) is 11.5 Å². The number of aromatic nitrogens is 1. The van der Waals surface area contributed by atoms with Crippen LogP contribution in [-0.2, 0) is 9.53 Å². The first-order valence-electron chi connectivity index (χ1n) is 5.01. The molecule has 0 aliphatic carbocycles. The number of methoxy groups -OCH3 is 1. The lowest BCUT2D eigenvalue weighted by molar-refractivity contribution is -0.140. The van der Waals surface area contributed by atoms with Gasteiger partial charge in [0.1, 0.15) is 5.92 Å². The van der Waals surface area contributed by atoms with Gasteiger partial charge in [-0.25, -0.2) is 0 Å². The second-order valence-electron chi connectivity index (χ2n) is 3.64. The van der Waals surface area contributed by atoms with Crippen molar-refractivity contribution in [1.29, 1.82) is 0 Å². The van der Waals surface area contributed by atoms with Crippen LogP contribution in [0.5, 0.6) is 0 Å². The van der Waals surface area contributed by atoms with Crippen molar-refractivity contribution in [2.75, 3.05) is 13.7 Å². The van der Waals surface area contributed by atoms with Crippen LogP contribution in [0.25, 0.3) is 10.9 Å². The molecule has 1 aromatic heterocycles. The Labute approximate surface area is 92.9 Å². The van der Waals surface area contributed by atoms with E-state index in [0.717, 1.165) is 16.5 Å². The van der Waals surface area contributed by atoms with Gasteiger partial charge in [0.15, 0.2) is 0 Å². The Morgan fingerprint density at radius 3 is 2.94 bits per heavy atom. The van der Waals surface area contributed by atoms with Crippen LogP contribution < -0.4 is 0 Å². The number of H-pyrrole nitrogens is 1. The van der Waals surface area contributed by atoms with E-state index in [1.807, 2.05) is 24.3 Å². The number of hydrogen-bond acceptors (Lipinski definition) is 2. The molecule has 0 bridgehead atoms. The normalized spacial score (nSPS) is 12.8. The van der Waals surface area contributed by atoms with Crippen LogP contribution in [0.3, 0.4) is 0 Å². The van der Waals surface area contributed by atoms with Gasteiger partial charge in [0.05, 0.1) is 6.61 Å². The van der Waals surface area contributed by atoms with Crippen LogP contribution in [0, 0.1) is 0 Å². The molecule has 4 nitrogen and oxygen atoms in total. The van der Waals surface area contributed by atoms with E-state index in [-0.39, 0.29) is 6.61 Å². The third-order valence-electron chi connectivity index (χ3n) is 2.63. The minimum atomic E-state index is -0.869. The van der Waals surface area contributed by atoms with Gasteiger partial charge in [-0.1, -0.05) is 18.2 Å². The maximum Gasteiger partial charge on any atom is 0.313 e. The van der Waals surface area contributed by atoms with E-state index >= 15 is 0 Å². The molecule has 0 amide bonds. The third kappa shape index (κ3) is 1.79. The van der Waals surface area contributed by atoms with Crippen molar-refractivity contribution < 1.29 is 14.6 Å². The molecule has 0 fully saturated rings. The van der Waals surface area contributed by atoms with Gasteiger partial charge in [0, 0.05) is 24.2 Å². The number of aliphatic carboxylic acids is 1.